The first-order valence-electron chi connectivity index (χ1n) is 9.84. The van der Waals surface area contributed by atoms with Gasteiger partial charge < -0.3 is 20.1 Å². The van der Waals surface area contributed by atoms with Gasteiger partial charge in [-0.2, -0.15) is 0 Å². The van der Waals surface area contributed by atoms with Crippen molar-refractivity contribution in [3.63, 3.8) is 0 Å². The molecule has 0 fully saturated rings. The predicted octanol–water partition coefficient (Wildman–Crippen LogP) is 2.66. The Hall–Kier alpha value is -4.21. The maximum absolute atomic E-state index is 12.6. The van der Waals surface area contributed by atoms with Gasteiger partial charge in [-0.15, -0.1) is 5.10 Å². The number of aromatic nitrogens is 3. The molecule has 0 unspecified atom stereocenters. The largest absolute Gasteiger partial charge is 0.495 e. The van der Waals surface area contributed by atoms with Gasteiger partial charge in [-0.1, -0.05) is 17.3 Å². The van der Waals surface area contributed by atoms with Crippen molar-refractivity contribution in [2.75, 3.05) is 24.4 Å². The van der Waals surface area contributed by atoms with E-state index in [2.05, 4.69) is 20.9 Å². The first kappa shape index (κ1) is 22.5. The minimum atomic E-state index is -0.465. The SMILES string of the molecule is CCOC(=O)c1ccc(NC(=O)Cn2nnc(C(=O)Nc3ccccc3OC)c2C)cc1. The molecule has 3 aromatic rings. The van der Waals surface area contributed by atoms with E-state index in [9.17, 15) is 14.4 Å². The third-order valence-electron chi connectivity index (χ3n) is 4.53. The average molecular weight is 437 g/mol. The molecular weight excluding hydrogens is 414 g/mol. The Labute approximate surface area is 184 Å². The Bertz CT molecular complexity index is 1120. The zero-order valence-corrected chi connectivity index (χ0v) is 17.9. The zero-order chi connectivity index (χ0) is 23.1. The van der Waals surface area contributed by atoms with Crippen molar-refractivity contribution >= 4 is 29.2 Å². The normalized spacial score (nSPS) is 10.3. The summed E-state index contributed by atoms with van der Waals surface area (Å²) in [6.07, 6.45) is 0. The fraction of sp³-hybridized carbons (Fsp3) is 0.227. The fourth-order valence-corrected chi connectivity index (χ4v) is 2.89. The second-order valence-electron chi connectivity index (χ2n) is 6.68. The third kappa shape index (κ3) is 5.28. The summed E-state index contributed by atoms with van der Waals surface area (Å²) in [6.45, 7) is 3.53. The van der Waals surface area contributed by atoms with Crippen LogP contribution >= 0.6 is 0 Å². The standard InChI is InChI=1S/C22H23N5O5/c1-4-32-22(30)15-9-11-16(12-10-15)23-19(28)13-27-14(2)20(25-26-27)21(29)24-17-7-5-6-8-18(17)31-3/h5-12H,4,13H2,1-3H3,(H,23,28)(H,24,29). The van der Waals surface area contributed by atoms with Crippen LogP contribution in [0, 0.1) is 6.92 Å². The van der Waals surface area contributed by atoms with Gasteiger partial charge in [0, 0.05) is 5.69 Å². The quantitative estimate of drug-likeness (QED) is 0.519. The van der Waals surface area contributed by atoms with Gasteiger partial charge in [0.2, 0.25) is 5.91 Å². The molecule has 10 heteroatoms. The number of carbonyl (C=O) groups is 3. The maximum Gasteiger partial charge on any atom is 0.338 e. The number of nitrogens with zero attached hydrogens (tertiary/aromatic N) is 3. The summed E-state index contributed by atoms with van der Waals surface area (Å²) in [7, 11) is 1.51. The molecule has 0 saturated carbocycles. The summed E-state index contributed by atoms with van der Waals surface area (Å²) in [6, 6.07) is 13.3. The Kier molecular flexibility index (Phi) is 7.17. The number of esters is 1. The van der Waals surface area contributed by atoms with Gasteiger partial charge in [-0.3, -0.25) is 9.59 Å². The maximum atomic E-state index is 12.6. The molecule has 0 radical (unpaired) electrons. The number of benzene rings is 2. The molecule has 32 heavy (non-hydrogen) atoms. The molecule has 10 nitrogen and oxygen atoms in total. The van der Waals surface area contributed by atoms with E-state index >= 15 is 0 Å². The summed E-state index contributed by atoms with van der Waals surface area (Å²) >= 11 is 0. The molecule has 1 heterocycles. The van der Waals surface area contributed by atoms with Crippen LogP contribution in [0.2, 0.25) is 0 Å². The van der Waals surface area contributed by atoms with E-state index in [0.717, 1.165) is 0 Å². The molecule has 2 amide bonds. The van der Waals surface area contributed by atoms with Crippen molar-refractivity contribution in [2.24, 2.45) is 0 Å². The first-order valence-corrected chi connectivity index (χ1v) is 9.84. The summed E-state index contributed by atoms with van der Waals surface area (Å²) in [5.41, 5.74) is 1.93. The zero-order valence-electron chi connectivity index (χ0n) is 17.9. The lowest BCUT2D eigenvalue weighted by atomic mass is 10.2. The molecule has 0 saturated heterocycles. The number of hydrogen-bond donors (Lipinski definition) is 2. The predicted molar refractivity (Wildman–Crippen MR) is 117 cm³/mol. The highest BCUT2D eigenvalue weighted by Crippen LogP contribution is 2.23. The Morgan fingerprint density at radius 1 is 1.03 bits per heavy atom. The highest BCUT2D eigenvalue weighted by Gasteiger charge is 2.19. The van der Waals surface area contributed by atoms with Crippen LogP contribution in [0.4, 0.5) is 11.4 Å². The Morgan fingerprint density at radius 2 is 1.75 bits per heavy atom. The number of para-hydroxylation sites is 2. The number of nitrogens with one attached hydrogen (secondary N) is 2. The van der Waals surface area contributed by atoms with Crippen molar-refractivity contribution in [1.29, 1.82) is 0 Å². The van der Waals surface area contributed by atoms with Crippen LogP contribution in [0.3, 0.4) is 0 Å². The van der Waals surface area contributed by atoms with Crippen LogP contribution in [0.25, 0.3) is 0 Å². The number of anilines is 2. The average Bonchev–Trinajstić information content (AvgIpc) is 3.14. The molecular formula is C22H23N5O5. The van der Waals surface area contributed by atoms with Gasteiger partial charge in [-0.05, 0) is 50.2 Å². The number of rotatable bonds is 8. The summed E-state index contributed by atoms with van der Waals surface area (Å²) in [5.74, 6) is -0.742. The molecule has 0 spiro atoms. The van der Waals surface area contributed by atoms with E-state index in [1.807, 2.05) is 0 Å². The summed E-state index contributed by atoms with van der Waals surface area (Å²) in [4.78, 5) is 36.7. The number of amides is 2. The Morgan fingerprint density at radius 3 is 2.44 bits per heavy atom. The van der Waals surface area contributed by atoms with Crippen molar-refractivity contribution in [3.8, 4) is 5.75 Å². The van der Waals surface area contributed by atoms with E-state index in [1.54, 1.807) is 62.4 Å². The highest BCUT2D eigenvalue weighted by atomic mass is 16.5. The number of methoxy groups -OCH3 is 1. The van der Waals surface area contributed by atoms with E-state index < -0.39 is 11.9 Å². The van der Waals surface area contributed by atoms with Crippen LogP contribution in [0.1, 0.15) is 33.5 Å². The van der Waals surface area contributed by atoms with Crippen LogP contribution in [-0.2, 0) is 16.1 Å². The van der Waals surface area contributed by atoms with E-state index in [0.29, 0.717) is 28.4 Å². The molecule has 1 aromatic heterocycles. The van der Waals surface area contributed by atoms with Crippen LogP contribution < -0.4 is 15.4 Å². The van der Waals surface area contributed by atoms with Crippen LogP contribution in [-0.4, -0.2) is 46.5 Å². The molecule has 2 N–H and O–H groups in total. The van der Waals surface area contributed by atoms with E-state index in [1.165, 1.54) is 11.8 Å². The van der Waals surface area contributed by atoms with Crippen molar-refractivity contribution in [1.82, 2.24) is 15.0 Å². The van der Waals surface area contributed by atoms with Crippen molar-refractivity contribution in [2.45, 2.75) is 20.4 Å². The molecule has 166 valence electrons. The van der Waals surface area contributed by atoms with Crippen molar-refractivity contribution < 1.29 is 23.9 Å². The smallest absolute Gasteiger partial charge is 0.338 e. The van der Waals surface area contributed by atoms with Gasteiger partial charge >= 0.3 is 5.97 Å². The molecule has 0 bridgehead atoms. The molecule has 3 rings (SSSR count). The second kappa shape index (κ2) is 10.2. The molecule has 2 aromatic carbocycles. The molecule has 0 aliphatic carbocycles. The van der Waals surface area contributed by atoms with Gasteiger partial charge in [0.25, 0.3) is 5.91 Å². The van der Waals surface area contributed by atoms with Gasteiger partial charge in [0.05, 0.1) is 30.7 Å². The topological polar surface area (TPSA) is 124 Å². The molecule has 0 aliphatic rings. The lowest BCUT2D eigenvalue weighted by molar-refractivity contribution is -0.117. The fourth-order valence-electron chi connectivity index (χ4n) is 2.89. The van der Waals surface area contributed by atoms with Gasteiger partial charge in [0.1, 0.15) is 12.3 Å². The minimum Gasteiger partial charge on any atom is -0.495 e. The van der Waals surface area contributed by atoms with Crippen LogP contribution in [0.15, 0.2) is 48.5 Å². The lowest BCUT2D eigenvalue weighted by Gasteiger charge is -2.09. The van der Waals surface area contributed by atoms with Crippen molar-refractivity contribution in [3.05, 3.63) is 65.5 Å². The molecule has 0 aliphatic heterocycles. The first-order chi connectivity index (χ1) is 15.4. The monoisotopic (exact) mass is 437 g/mol. The Balaban J connectivity index is 1.63. The lowest BCUT2D eigenvalue weighted by Crippen LogP contribution is -2.21. The van der Waals surface area contributed by atoms with Gasteiger partial charge in [0.15, 0.2) is 5.69 Å². The van der Waals surface area contributed by atoms with E-state index in [-0.39, 0.29) is 24.8 Å². The minimum absolute atomic E-state index is 0.0995. The highest BCUT2D eigenvalue weighted by molar-refractivity contribution is 6.04. The number of ether oxygens (including phenoxy) is 2. The summed E-state index contributed by atoms with van der Waals surface area (Å²) < 4.78 is 11.5. The second-order valence-corrected chi connectivity index (χ2v) is 6.68. The molecule has 0 atom stereocenters. The number of carbonyl (C=O) groups excluding carboxylic acids is 3. The van der Waals surface area contributed by atoms with E-state index in [4.69, 9.17) is 9.47 Å². The number of hydrogen-bond acceptors (Lipinski definition) is 7. The van der Waals surface area contributed by atoms with Crippen LogP contribution in [0.5, 0.6) is 5.75 Å². The van der Waals surface area contributed by atoms with Gasteiger partial charge in [-0.25, -0.2) is 9.48 Å². The summed E-state index contributed by atoms with van der Waals surface area (Å²) in [5, 5.41) is 13.3. The third-order valence-corrected chi connectivity index (χ3v) is 4.53.